The van der Waals surface area contributed by atoms with Crippen LogP contribution in [0.15, 0.2) is 47.6 Å². The molecule has 0 fully saturated rings. The third-order valence-electron chi connectivity index (χ3n) is 3.25. The standard InChI is InChI=1S/C17H18FN3O2S/c1-11(12-8-9-15(22-2)13(18)10-12)20-21-17(24)19-14-6-4-5-7-16(14)23-3/h4-10H,1-3H3,(H2,19,21,24)/b20-11-. The van der Waals surface area contributed by atoms with Gasteiger partial charge in [-0.05, 0) is 49.5 Å². The molecule has 0 spiro atoms. The molecule has 7 heteroatoms. The molecule has 0 aromatic heterocycles. The van der Waals surface area contributed by atoms with Crippen LogP contribution < -0.4 is 20.2 Å². The number of rotatable bonds is 5. The van der Waals surface area contributed by atoms with Gasteiger partial charge in [-0.3, -0.25) is 5.43 Å². The Hall–Kier alpha value is -2.67. The second kappa shape index (κ2) is 8.26. The first-order valence-corrected chi connectivity index (χ1v) is 7.54. The molecule has 0 amide bonds. The van der Waals surface area contributed by atoms with E-state index in [0.29, 0.717) is 22.1 Å². The molecule has 0 aliphatic heterocycles. The minimum Gasteiger partial charge on any atom is -0.495 e. The molecule has 0 atom stereocenters. The highest BCUT2D eigenvalue weighted by Gasteiger charge is 2.06. The summed E-state index contributed by atoms with van der Waals surface area (Å²) in [5, 5.41) is 7.45. The Morgan fingerprint density at radius 1 is 1.08 bits per heavy atom. The fourth-order valence-electron chi connectivity index (χ4n) is 1.99. The minimum absolute atomic E-state index is 0.188. The Morgan fingerprint density at radius 3 is 2.46 bits per heavy atom. The number of para-hydroxylation sites is 2. The number of hydrazone groups is 1. The van der Waals surface area contributed by atoms with Gasteiger partial charge in [0.15, 0.2) is 16.7 Å². The summed E-state index contributed by atoms with van der Waals surface area (Å²) in [5.74, 6) is 0.409. The van der Waals surface area contributed by atoms with Gasteiger partial charge in [-0.2, -0.15) is 5.10 Å². The second-order valence-corrected chi connectivity index (χ2v) is 5.22. The van der Waals surface area contributed by atoms with Crippen LogP contribution in [0.3, 0.4) is 0 Å². The van der Waals surface area contributed by atoms with E-state index in [0.717, 1.165) is 5.69 Å². The van der Waals surface area contributed by atoms with E-state index in [1.165, 1.54) is 13.2 Å². The smallest absolute Gasteiger partial charge is 0.191 e. The summed E-state index contributed by atoms with van der Waals surface area (Å²) in [6.07, 6.45) is 0. The van der Waals surface area contributed by atoms with Crippen molar-refractivity contribution in [1.82, 2.24) is 5.43 Å². The number of thiocarbonyl (C=S) groups is 1. The van der Waals surface area contributed by atoms with Gasteiger partial charge >= 0.3 is 0 Å². The average molecular weight is 347 g/mol. The van der Waals surface area contributed by atoms with Crippen LogP contribution in [-0.2, 0) is 0 Å². The molecule has 126 valence electrons. The summed E-state index contributed by atoms with van der Waals surface area (Å²) in [7, 11) is 3.00. The van der Waals surface area contributed by atoms with Crippen LogP contribution in [0.1, 0.15) is 12.5 Å². The van der Waals surface area contributed by atoms with Crippen molar-refractivity contribution in [2.24, 2.45) is 5.10 Å². The van der Waals surface area contributed by atoms with Crippen molar-refractivity contribution in [2.75, 3.05) is 19.5 Å². The Balaban J connectivity index is 2.04. The highest BCUT2D eigenvalue weighted by atomic mass is 32.1. The number of hydrogen-bond donors (Lipinski definition) is 2. The summed E-state index contributed by atoms with van der Waals surface area (Å²) < 4.78 is 23.9. The first-order valence-electron chi connectivity index (χ1n) is 7.13. The van der Waals surface area contributed by atoms with Gasteiger partial charge < -0.3 is 14.8 Å². The van der Waals surface area contributed by atoms with Crippen LogP contribution in [0, 0.1) is 5.82 Å². The first kappa shape index (κ1) is 17.7. The normalized spacial score (nSPS) is 10.9. The highest BCUT2D eigenvalue weighted by molar-refractivity contribution is 7.80. The first-order chi connectivity index (χ1) is 11.5. The van der Waals surface area contributed by atoms with Gasteiger partial charge in [0.2, 0.25) is 0 Å². The Labute approximate surface area is 145 Å². The molecule has 2 aromatic carbocycles. The lowest BCUT2D eigenvalue weighted by atomic mass is 10.1. The fraction of sp³-hybridized carbons (Fsp3) is 0.176. The molecule has 0 saturated carbocycles. The average Bonchev–Trinajstić information content (AvgIpc) is 2.60. The molecular formula is C17H18FN3O2S. The Bertz CT molecular complexity index is 765. The zero-order valence-electron chi connectivity index (χ0n) is 13.6. The van der Waals surface area contributed by atoms with Crippen LogP contribution in [0.4, 0.5) is 10.1 Å². The predicted molar refractivity (Wildman–Crippen MR) is 97.5 cm³/mol. The van der Waals surface area contributed by atoms with Crippen LogP contribution in [0.25, 0.3) is 0 Å². The van der Waals surface area contributed by atoms with Crippen molar-refractivity contribution in [3.8, 4) is 11.5 Å². The highest BCUT2D eigenvalue weighted by Crippen LogP contribution is 2.22. The van der Waals surface area contributed by atoms with Gasteiger partial charge in [0.05, 0.1) is 25.6 Å². The lowest BCUT2D eigenvalue weighted by Crippen LogP contribution is -2.25. The van der Waals surface area contributed by atoms with E-state index in [1.54, 1.807) is 26.2 Å². The topological polar surface area (TPSA) is 54.9 Å². The molecule has 0 aliphatic carbocycles. The molecule has 2 aromatic rings. The van der Waals surface area contributed by atoms with E-state index in [1.807, 2.05) is 24.3 Å². The third-order valence-corrected chi connectivity index (χ3v) is 3.44. The summed E-state index contributed by atoms with van der Waals surface area (Å²) in [6.45, 7) is 1.75. The predicted octanol–water partition coefficient (Wildman–Crippen LogP) is 3.55. The maximum atomic E-state index is 13.7. The van der Waals surface area contributed by atoms with Gasteiger partial charge in [0.1, 0.15) is 5.75 Å². The van der Waals surface area contributed by atoms with Crippen LogP contribution >= 0.6 is 12.2 Å². The molecule has 0 unspecified atom stereocenters. The van der Waals surface area contributed by atoms with E-state index in [4.69, 9.17) is 21.7 Å². The van der Waals surface area contributed by atoms with Crippen LogP contribution in [0.5, 0.6) is 11.5 Å². The maximum Gasteiger partial charge on any atom is 0.191 e. The van der Waals surface area contributed by atoms with Crippen molar-refractivity contribution in [2.45, 2.75) is 6.92 Å². The molecule has 2 N–H and O–H groups in total. The number of hydrogen-bond acceptors (Lipinski definition) is 4. The molecule has 2 rings (SSSR count). The van der Waals surface area contributed by atoms with E-state index in [9.17, 15) is 4.39 Å². The van der Waals surface area contributed by atoms with Crippen molar-refractivity contribution in [3.63, 3.8) is 0 Å². The number of methoxy groups -OCH3 is 2. The van der Waals surface area contributed by atoms with Gasteiger partial charge in [0, 0.05) is 5.56 Å². The van der Waals surface area contributed by atoms with Gasteiger partial charge in [0.25, 0.3) is 0 Å². The second-order valence-electron chi connectivity index (χ2n) is 4.81. The number of nitrogens with zero attached hydrogens (tertiary/aromatic N) is 1. The summed E-state index contributed by atoms with van der Waals surface area (Å²) >= 11 is 5.20. The molecule has 24 heavy (non-hydrogen) atoms. The van der Waals surface area contributed by atoms with Crippen molar-refractivity contribution >= 4 is 28.7 Å². The zero-order valence-corrected chi connectivity index (χ0v) is 14.4. The lowest BCUT2D eigenvalue weighted by molar-refractivity contribution is 0.386. The van der Waals surface area contributed by atoms with Crippen LogP contribution in [0.2, 0.25) is 0 Å². The molecule has 0 bridgehead atoms. The van der Waals surface area contributed by atoms with Crippen molar-refractivity contribution < 1.29 is 13.9 Å². The summed E-state index contributed by atoms with van der Waals surface area (Å²) in [6, 6.07) is 12.0. The Morgan fingerprint density at radius 2 is 1.79 bits per heavy atom. The van der Waals surface area contributed by atoms with E-state index in [2.05, 4.69) is 15.8 Å². The molecule has 0 heterocycles. The van der Waals surface area contributed by atoms with Gasteiger partial charge in [-0.15, -0.1) is 0 Å². The van der Waals surface area contributed by atoms with Crippen molar-refractivity contribution in [1.29, 1.82) is 0 Å². The number of nitrogens with one attached hydrogen (secondary N) is 2. The zero-order chi connectivity index (χ0) is 17.5. The number of halogens is 1. The van der Waals surface area contributed by atoms with Gasteiger partial charge in [-0.1, -0.05) is 12.1 Å². The maximum absolute atomic E-state index is 13.7. The SMILES string of the molecule is COc1ccc(/C(C)=N\NC(=S)Nc2ccccc2OC)cc1F. The third kappa shape index (κ3) is 4.42. The minimum atomic E-state index is -0.445. The van der Waals surface area contributed by atoms with E-state index >= 15 is 0 Å². The van der Waals surface area contributed by atoms with Crippen LogP contribution in [-0.4, -0.2) is 25.0 Å². The molecule has 0 aliphatic rings. The Kier molecular flexibility index (Phi) is 6.08. The summed E-state index contributed by atoms with van der Waals surface area (Å²) in [4.78, 5) is 0. The molecule has 5 nitrogen and oxygen atoms in total. The molecular weight excluding hydrogens is 329 g/mol. The number of ether oxygens (including phenoxy) is 2. The van der Waals surface area contributed by atoms with E-state index in [-0.39, 0.29) is 5.75 Å². The summed E-state index contributed by atoms with van der Waals surface area (Å²) in [5.41, 5.74) is 4.66. The quantitative estimate of drug-likeness (QED) is 0.492. The fourth-order valence-corrected chi connectivity index (χ4v) is 2.14. The number of benzene rings is 2. The monoisotopic (exact) mass is 347 g/mol. The lowest BCUT2D eigenvalue weighted by Gasteiger charge is -2.11. The van der Waals surface area contributed by atoms with Crippen molar-refractivity contribution in [3.05, 3.63) is 53.8 Å². The van der Waals surface area contributed by atoms with Gasteiger partial charge in [-0.25, -0.2) is 4.39 Å². The molecule has 0 saturated heterocycles. The van der Waals surface area contributed by atoms with E-state index < -0.39 is 5.82 Å². The number of anilines is 1. The largest absolute Gasteiger partial charge is 0.495 e. The molecule has 0 radical (unpaired) electrons.